The molecule has 2 N–H and O–H groups in total. The molecule has 1 atom stereocenters. The largest absolute Gasteiger partial charge is 0.360 e. The lowest BCUT2D eigenvalue weighted by molar-refractivity contribution is 0.0995. The van der Waals surface area contributed by atoms with Gasteiger partial charge in [-0.3, -0.25) is 4.79 Å². The fourth-order valence-corrected chi connectivity index (χ4v) is 4.76. The number of thioether (sulfide) groups is 1. The molecule has 136 valence electrons. The molecule has 2 heterocycles. The van der Waals surface area contributed by atoms with Crippen LogP contribution in [0.25, 0.3) is 10.9 Å². The molecule has 5 nitrogen and oxygen atoms in total. The number of rotatable bonds is 7. The number of hydrogen-bond donors (Lipinski definition) is 2. The smallest absolute Gasteiger partial charge is 0.206 e. The van der Waals surface area contributed by atoms with Crippen molar-refractivity contribution in [2.45, 2.75) is 23.1 Å². The molecule has 0 aliphatic rings. The van der Waals surface area contributed by atoms with Crippen LogP contribution in [0.1, 0.15) is 22.8 Å². The van der Waals surface area contributed by atoms with Crippen LogP contribution < -0.4 is 5.32 Å². The Balaban J connectivity index is 1.40. The van der Waals surface area contributed by atoms with E-state index in [4.69, 9.17) is 0 Å². The molecule has 0 radical (unpaired) electrons. The second-order valence-electron chi connectivity index (χ2n) is 6.08. The Morgan fingerprint density at radius 2 is 1.93 bits per heavy atom. The van der Waals surface area contributed by atoms with Crippen LogP contribution in [0.15, 0.2) is 65.1 Å². The van der Waals surface area contributed by atoms with Crippen molar-refractivity contribution >= 4 is 44.9 Å². The number of aromatic nitrogens is 3. The number of hydrogen-bond acceptors (Lipinski definition) is 6. The van der Waals surface area contributed by atoms with E-state index in [1.165, 1.54) is 28.7 Å². The molecule has 0 spiro atoms. The van der Waals surface area contributed by atoms with E-state index in [9.17, 15) is 4.79 Å². The first-order valence-electron chi connectivity index (χ1n) is 8.59. The fraction of sp³-hybridized carbons (Fsp3) is 0.150. The van der Waals surface area contributed by atoms with E-state index in [1.807, 2.05) is 49.4 Å². The first-order chi connectivity index (χ1) is 13.2. The minimum atomic E-state index is -0.237. The van der Waals surface area contributed by atoms with E-state index in [2.05, 4.69) is 32.6 Å². The van der Waals surface area contributed by atoms with Gasteiger partial charge in [-0.1, -0.05) is 71.6 Å². The van der Waals surface area contributed by atoms with Crippen molar-refractivity contribution in [3.05, 3.63) is 71.9 Å². The second-order valence-corrected chi connectivity index (χ2v) is 8.65. The molecule has 7 heteroatoms. The van der Waals surface area contributed by atoms with E-state index in [0.717, 1.165) is 25.9 Å². The van der Waals surface area contributed by atoms with Gasteiger partial charge in [-0.15, -0.1) is 10.2 Å². The molecule has 1 unspecified atom stereocenters. The van der Waals surface area contributed by atoms with Gasteiger partial charge < -0.3 is 10.3 Å². The van der Waals surface area contributed by atoms with E-state index in [-0.39, 0.29) is 11.0 Å². The third-order valence-corrected chi connectivity index (χ3v) is 6.26. The molecule has 2 aromatic carbocycles. The number of ketones is 1. The summed E-state index contributed by atoms with van der Waals surface area (Å²) in [5.41, 5.74) is 2.88. The van der Waals surface area contributed by atoms with Crippen molar-refractivity contribution in [2.24, 2.45) is 0 Å². The normalized spacial score (nSPS) is 12.2. The van der Waals surface area contributed by atoms with Gasteiger partial charge in [-0.2, -0.15) is 0 Å². The van der Waals surface area contributed by atoms with E-state index in [1.54, 1.807) is 6.20 Å². The van der Waals surface area contributed by atoms with Crippen molar-refractivity contribution in [2.75, 3.05) is 5.32 Å². The van der Waals surface area contributed by atoms with Gasteiger partial charge in [-0.05, 0) is 18.6 Å². The molecular formula is C20H18N4OS2. The fourth-order valence-electron chi connectivity index (χ4n) is 2.80. The Bertz CT molecular complexity index is 1060. The number of aromatic amines is 1. The number of fused-ring (bicyclic) bond motifs is 1. The van der Waals surface area contributed by atoms with Crippen LogP contribution in [0, 0.1) is 0 Å². The quantitative estimate of drug-likeness (QED) is 0.341. The highest BCUT2D eigenvalue weighted by Gasteiger charge is 2.21. The van der Waals surface area contributed by atoms with Gasteiger partial charge in [0.25, 0.3) is 0 Å². The average molecular weight is 395 g/mol. The third-order valence-electron chi connectivity index (χ3n) is 4.19. The number of Topliss-reactive ketones (excluding diaryl/α,β-unsaturated/α-hetero) is 1. The Morgan fingerprint density at radius 3 is 2.78 bits per heavy atom. The minimum absolute atomic E-state index is 0.0893. The highest BCUT2D eigenvalue weighted by molar-refractivity contribution is 8.02. The van der Waals surface area contributed by atoms with Gasteiger partial charge in [0.15, 0.2) is 10.1 Å². The zero-order valence-corrected chi connectivity index (χ0v) is 16.3. The lowest BCUT2D eigenvalue weighted by atomic mass is 10.1. The number of nitrogens with zero attached hydrogens (tertiary/aromatic N) is 2. The summed E-state index contributed by atoms with van der Waals surface area (Å²) >= 11 is 2.91. The molecule has 4 aromatic rings. The summed E-state index contributed by atoms with van der Waals surface area (Å²) in [6, 6.07) is 18.0. The molecule has 0 bridgehead atoms. The molecule has 0 saturated carbocycles. The van der Waals surface area contributed by atoms with Gasteiger partial charge in [0.2, 0.25) is 5.13 Å². The molecule has 27 heavy (non-hydrogen) atoms. The summed E-state index contributed by atoms with van der Waals surface area (Å²) in [7, 11) is 0. The number of benzene rings is 2. The number of carbonyl (C=O) groups excluding carboxylic acids is 1. The highest BCUT2D eigenvalue weighted by Crippen LogP contribution is 2.31. The first-order valence-corrected chi connectivity index (χ1v) is 10.3. The number of anilines is 1. The number of nitrogens with one attached hydrogen (secondary N) is 2. The highest BCUT2D eigenvalue weighted by atomic mass is 32.2. The lowest BCUT2D eigenvalue weighted by Gasteiger charge is -2.06. The third kappa shape index (κ3) is 4.04. The Kier molecular flexibility index (Phi) is 5.22. The summed E-state index contributed by atoms with van der Waals surface area (Å²) in [4.78, 5) is 16.0. The Labute approximate surface area is 165 Å². The van der Waals surface area contributed by atoms with Crippen LogP contribution in [-0.4, -0.2) is 26.2 Å². The lowest BCUT2D eigenvalue weighted by Crippen LogP contribution is -2.12. The van der Waals surface area contributed by atoms with Crippen molar-refractivity contribution in [3.63, 3.8) is 0 Å². The molecular weight excluding hydrogens is 376 g/mol. The van der Waals surface area contributed by atoms with Crippen LogP contribution in [0.4, 0.5) is 5.13 Å². The zero-order chi connectivity index (χ0) is 18.6. The first kappa shape index (κ1) is 17.8. The molecule has 0 saturated heterocycles. The average Bonchev–Trinajstić information content (AvgIpc) is 3.33. The van der Waals surface area contributed by atoms with Crippen LogP contribution >= 0.6 is 23.1 Å². The second kappa shape index (κ2) is 7.94. The molecule has 4 rings (SSSR count). The topological polar surface area (TPSA) is 70.7 Å². The number of H-pyrrole nitrogens is 1. The van der Waals surface area contributed by atoms with Crippen molar-refractivity contribution in [3.8, 4) is 0 Å². The Morgan fingerprint density at radius 1 is 1.15 bits per heavy atom. The number of carbonyl (C=O) groups is 1. The maximum atomic E-state index is 12.8. The monoisotopic (exact) mass is 394 g/mol. The molecule has 2 aromatic heterocycles. The van der Waals surface area contributed by atoms with E-state index < -0.39 is 0 Å². The predicted octanol–water partition coefficient (Wildman–Crippen LogP) is 5.00. The van der Waals surface area contributed by atoms with Crippen molar-refractivity contribution in [1.29, 1.82) is 0 Å². The van der Waals surface area contributed by atoms with E-state index in [0.29, 0.717) is 6.54 Å². The van der Waals surface area contributed by atoms with Gasteiger partial charge >= 0.3 is 0 Å². The SMILES string of the molecule is CC(Sc1nnc(NCc2ccccc2)s1)C(=O)c1c[nH]c2ccccc12. The summed E-state index contributed by atoms with van der Waals surface area (Å²) in [5, 5.41) is 13.1. The maximum absolute atomic E-state index is 12.8. The van der Waals surface area contributed by atoms with Crippen LogP contribution in [0.3, 0.4) is 0 Å². The summed E-state index contributed by atoms with van der Waals surface area (Å²) in [6.07, 6.45) is 1.79. The van der Waals surface area contributed by atoms with Crippen molar-refractivity contribution in [1.82, 2.24) is 15.2 Å². The molecule has 0 amide bonds. The molecule has 0 aliphatic heterocycles. The number of para-hydroxylation sites is 1. The van der Waals surface area contributed by atoms with E-state index >= 15 is 0 Å². The van der Waals surface area contributed by atoms with Gasteiger partial charge in [0.1, 0.15) is 0 Å². The summed E-state index contributed by atoms with van der Waals surface area (Å²) in [6.45, 7) is 2.61. The van der Waals surface area contributed by atoms with Crippen molar-refractivity contribution < 1.29 is 4.79 Å². The Hall–Kier alpha value is -2.64. The van der Waals surface area contributed by atoms with Gasteiger partial charge in [0.05, 0.1) is 5.25 Å². The zero-order valence-electron chi connectivity index (χ0n) is 14.7. The van der Waals surface area contributed by atoms with Crippen LogP contribution in [0.5, 0.6) is 0 Å². The summed E-state index contributed by atoms with van der Waals surface area (Å²) in [5.74, 6) is 0.0893. The van der Waals surface area contributed by atoms with Gasteiger partial charge in [0, 0.05) is 29.2 Å². The standard InChI is InChI=1S/C20H18N4OS2/c1-13(18(25)16-12-21-17-10-6-5-9-15(16)17)26-20-24-23-19(27-20)22-11-14-7-3-2-4-8-14/h2-10,12-13,21H,11H2,1H3,(H,22,23). The summed E-state index contributed by atoms with van der Waals surface area (Å²) < 4.78 is 0.784. The van der Waals surface area contributed by atoms with Crippen LogP contribution in [-0.2, 0) is 6.54 Å². The van der Waals surface area contributed by atoms with Gasteiger partial charge in [-0.25, -0.2) is 0 Å². The molecule has 0 aliphatic carbocycles. The predicted molar refractivity (Wildman–Crippen MR) is 112 cm³/mol. The molecule has 0 fully saturated rings. The van der Waals surface area contributed by atoms with Crippen LogP contribution in [0.2, 0.25) is 0 Å². The maximum Gasteiger partial charge on any atom is 0.206 e. The minimum Gasteiger partial charge on any atom is -0.360 e.